The fourth-order valence-corrected chi connectivity index (χ4v) is 4.22. The maximum Gasteiger partial charge on any atom is 0.293 e. The number of benzene rings is 3. The van der Waals surface area contributed by atoms with Crippen LogP contribution in [0.15, 0.2) is 102 Å². The van der Waals surface area contributed by atoms with E-state index in [1.165, 1.54) is 11.1 Å². The van der Waals surface area contributed by atoms with Gasteiger partial charge in [0.05, 0.1) is 6.54 Å². The highest BCUT2D eigenvalue weighted by Gasteiger charge is 2.22. The van der Waals surface area contributed by atoms with E-state index in [1.807, 2.05) is 42.5 Å². The van der Waals surface area contributed by atoms with E-state index in [1.54, 1.807) is 23.1 Å². The van der Waals surface area contributed by atoms with Crippen LogP contribution in [-0.2, 0) is 18.6 Å². The van der Waals surface area contributed by atoms with E-state index >= 15 is 0 Å². The summed E-state index contributed by atoms with van der Waals surface area (Å²) in [5.41, 5.74) is 3.34. The summed E-state index contributed by atoms with van der Waals surface area (Å²) < 4.78 is 13.2. The first-order valence-electron chi connectivity index (χ1n) is 12.2. The molecule has 0 aliphatic heterocycles. The largest absolute Gasteiger partial charge is 0.486 e. The number of hydrogen-bond donors (Lipinski definition) is 1. The molecule has 0 bridgehead atoms. The van der Waals surface area contributed by atoms with Crippen LogP contribution in [0.2, 0.25) is 5.02 Å². The van der Waals surface area contributed by atoms with E-state index in [0.717, 1.165) is 11.3 Å². The van der Waals surface area contributed by atoms with E-state index in [-0.39, 0.29) is 23.7 Å². The van der Waals surface area contributed by atoms with Gasteiger partial charge in [-0.2, -0.15) is 0 Å². The second-order valence-electron chi connectivity index (χ2n) is 9.42. The lowest BCUT2D eigenvalue weighted by molar-refractivity contribution is 0.0991. The van der Waals surface area contributed by atoms with Crippen molar-refractivity contribution in [3.8, 4) is 5.75 Å². The Hall–Kier alpha value is -4.36. The first-order valence-corrected chi connectivity index (χ1v) is 12.6. The molecule has 0 fully saturated rings. The van der Waals surface area contributed by atoms with Gasteiger partial charge in [0.2, 0.25) is 5.95 Å². The van der Waals surface area contributed by atoms with Crippen molar-refractivity contribution in [2.45, 2.75) is 32.4 Å². The maximum atomic E-state index is 12.6. The van der Waals surface area contributed by atoms with Crippen LogP contribution in [0.25, 0.3) is 0 Å². The van der Waals surface area contributed by atoms with E-state index in [0.29, 0.717) is 17.3 Å². The third-order valence-corrected chi connectivity index (χ3v) is 6.61. The third kappa shape index (κ3) is 5.95. The lowest BCUT2D eigenvalue weighted by Gasteiger charge is -2.26. The highest BCUT2D eigenvalue weighted by atomic mass is 35.5. The van der Waals surface area contributed by atoms with E-state index in [2.05, 4.69) is 65.6 Å². The number of aromatic nitrogens is 3. The predicted molar refractivity (Wildman–Crippen MR) is 147 cm³/mol. The Kier molecular flexibility index (Phi) is 7.29. The van der Waals surface area contributed by atoms with Gasteiger partial charge in [-0.3, -0.25) is 10.1 Å². The van der Waals surface area contributed by atoms with Crippen LogP contribution in [0.1, 0.15) is 46.9 Å². The standard InChI is InChI=1S/C30H27ClN4O3/c1-30(2,22-6-4-3-5-7-22)23-10-14-25(15-11-23)37-19-26-16-17-27(38-26)28(36)33-29-32-20-35(34-29)18-21-8-12-24(31)13-9-21/h3-17,20H,18-19H2,1-2H3,(H,33,34,36). The van der Waals surface area contributed by atoms with Crippen molar-refractivity contribution < 1.29 is 13.9 Å². The van der Waals surface area contributed by atoms with Crippen molar-refractivity contribution in [2.24, 2.45) is 0 Å². The zero-order chi connectivity index (χ0) is 26.5. The maximum absolute atomic E-state index is 12.6. The van der Waals surface area contributed by atoms with Gasteiger partial charge in [-0.25, -0.2) is 9.67 Å². The van der Waals surface area contributed by atoms with Crippen LogP contribution < -0.4 is 10.1 Å². The summed E-state index contributed by atoms with van der Waals surface area (Å²) in [5, 5.41) is 7.62. The number of rotatable bonds is 9. The summed E-state index contributed by atoms with van der Waals surface area (Å²) >= 11 is 5.93. The number of carbonyl (C=O) groups is 1. The van der Waals surface area contributed by atoms with Gasteiger partial charge < -0.3 is 9.15 Å². The summed E-state index contributed by atoms with van der Waals surface area (Å²) in [4.78, 5) is 16.8. The predicted octanol–water partition coefficient (Wildman–Crippen LogP) is 6.73. The Balaban J connectivity index is 1.15. The van der Waals surface area contributed by atoms with Gasteiger partial charge in [-0.1, -0.05) is 80.0 Å². The quantitative estimate of drug-likeness (QED) is 0.230. The molecule has 8 heteroatoms. The number of nitrogens with zero attached hydrogens (tertiary/aromatic N) is 3. The molecule has 0 saturated heterocycles. The smallest absolute Gasteiger partial charge is 0.293 e. The number of carbonyl (C=O) groups excluding carboxylic acids is 1. The minimum atomic E-state index is -0.437. The second kappa shape index (κ2) is 10.9. The highest BCUT2D eigenvalue weighted by Crippen LogP contribution is 2.32. The normalized spacial score (nSPS) is 11.3. The van der Waals surface area contributed by atoms with Gasteiger partial charge in [-0.15, -0.1) is 5.10 Å². The topological polar surface area (TPSA) is 82.2 Å². The summed E-state index contributed by atoms with van der Waals surface area (Å²) in [6.07, 6.45) is 1.55. The van der Waals surface area contributed by atoms with Gasteiger partial charge in [-0.05, 0) is 53.1 Å². The van der Waals surface area contributed by atoms with Crippen LogP contribution in [0.4, 0.5) is 5.95 Å². The van der Waals surface area contributed by atoms with Crippen LogP contribution in [0, 0.1) is 0 Å². The van der Waals surface area contributed by atoms with Gasteiger partial charge in [0.25, 0.3) is 5.91 Å². The molecule has 1 N–H and O–H groups in total. The molecule has 0 atom stereocenters. The van der Waals surface area contributed by atoms with Crippen molar-refractivity contribution in [1.29, 1.82) is 0 Å². The van der Waals surface area contributed by atoms with E-state index < -0.39 is 5.91 Å². The number of amides is 1. The zero-order valence-corrected chi connectivity index (χ0v) is 21.9. The van der Waals surface area contributed by atoms with Gasteiger partial charge in [0, 0.05) is 10.4 Å². The molecule has 38 heavy (non-hydrogen) atoms. The Labute approximate surface area is 226 Å². The lowest BCUT2D eigenvalue weighted by Crippen LogP contribution is -2.18. The SMILES string of the molecule is CC(C)(c1ccccc1)c1ccc(OCc2ccc(C(=O)Nc3ncn(Cc4ccc(Cl)cc4)n3)o2)cc1. The molecule has 5 rings (SSSR count). The molecule has 0 radical (unpaired) electrons. The second-order valence-corrected chi connectivity index (χ2v) is 9.85. The van der Waals surface area contributed by atoms with Gasteiger partial charge in [0.15, 0.2) is 5.76 Å². The Morgan fingerprint density at radius 1 is 0.947 bits per heavy atom. The fourth-order valence-electron chi connectivity index (χ4n) is 4.09. The van der Waals surface area contributed by atoms with Gasteiger partial charge in [0.1, 0.15) is 24.4 Å². The molecule has 3 aromatic carbocycles. The molecule has 0 saturated carbocycles. The number of hydrogen-bond acceptors (Lipinski definition) is 5. The molecule has 2 aromatic heterocycles. The number of nitrogens with one attached hydrogen (secondary N) is 1. The van der Waals surface area contributed by atoms with E-state index in [4.69, 9.17) is 20.8 Å². The number of halogens is 1. The summed E-state index contributed by atoms with van der Waals surface area (Å²) in [6, 6.07) is 29.2. The third-order valence-electron chi connectivity index (χ3n) is 6.36. The zero-order valence-electron chi connectivity index (χ0n) is 21.1. The van der Waals surface area contributed by atoms with Crippen molar-refractivity contribution in [3.63, 3.8) is 0 Å². The Morgan fingerprint density at radius 2 is 1.66 bits per heavy atom. The molecule has 7 nitrogen and oxygen atoms in total. The van der Waals surface area contributed by atoms with E-state index in [9.17, 15) is 4.79 Å². The van der Waals surface area contributed by atoms with Crippen molar-refractivity contribution >= 4 is 23.5 Å². The minimum absolute atomic E-state index is 0.121. The first-order chi connectivity index (χ1) is 18.4. The summed E-state index contributed by atoms with van der Waals surface area (Å²) in [5.74, 6) is 1.16. The Bertz CT molecular complexity index is 1510. The summed E-state index contributed by atoms with van der Waals surface area (Å²) in [6.45, 7) is 5.11. The lowest BCUT2D eigenvalue weighted by atomic mass is 9.78. The molecule has 5 aromatic rings. The molecule has 1 amide bonds. The number of ether oxygens (including phenoxy) is 1. The molecule has 0 spiro atoms. The molecule has 192 valence electrons. The van der Waals surface area contributed by atoms with Crippen LogP contribution in [0.3, 0.4) is 0 Å². The van der Waals surface area contributed by atoms with Crippen LogP contribution in [-0.4, -0.2) is 20.7 Å². The first kappa shape index (κ1) is 25.3. The van der Waals surface area contributed by atoms with Crippen LogP contribution >= 0.6 is 11.6 Å². The molecular weight excluding hydrogens is 500 g/mol. The van der Waals surface area contributed by atoms with Crippen molar-refractivity contribution in [3.05, 3.63) is 131 Å². The molecular formula is C30H27ClN4O3. The molecule has 0 unspecified atom stereocenters. The average molecular weight is 527 g/mol. The van der Waals surface area contributed by atoms with Gasteiger partial charge >= 0.3 is 0 Å². The van der Waals surface area contributed by atoms with Crippen molar-refractivity contribution in [1.82, 2.24) is 14.8 Å². The summed E-state index contributed by atoms with van der Waals surface area (Å²) in [7, 11) is 0. The van der Waals surface area contributed by atoms with Crippen molar-refractivity contribution in [2.75, 3.05) is 5.32 Å². The monoisotopic (exact) mass is 526 g/mol. The Morgan fingerprint density at radius 3 is 2.39 bits per heavy atom. The number of anilines is 1. The minimum Gasteiger partial charge on any atom is -0.486 e. The molecule has 0 aliphatic rings. The fraction of sp³-hybridized carbons (Fsp3) is 0.167. The molecule has 2 heterocycles. The van der Waals surface area contributed by atoms with Crippen LogP contribution in [0.5, 0.6) is 5.75 Å². The average Bonchev–Trinajstić information content (AvgIpc) is 3.59. The molecule has 0 aliphatic carbocycles. The highest BCUT2D eigenvalue weighted by molar-refractivity contribution is 6.30. The number of furan rings is 1.